The van der Waals surface area contributed by atoms with E-state index in [1.54, 1.807) is 11.8 Å². The van der Waals surface area contributed by atoms with E-state index in [1.165, 1.54) is 0 Å². The van der Waals surface area contributed by atoms with Crippen LogP contribution in [0.5, 0.6) is 5.75 Å². The van der Waals surface area contributed by atoms with Crippen LogP contribution in [0.4, 0.5) is 5.69 Å². The van der Waals surface area contributed by atoms with E-state index < -0.39 is 6.10 Å². The van der Waals surface area contributed by atoms with Crippen LogP contribution in [0, 0.1) is 6.92 Å². The molecule has 2 aromatic carbocycles. The number of methoxy groups -OCH3 is 1. The lowest BCUT2D eigenvalue weighted by molar-refractivity contribution is 0.161. The van der Waals surface area contributed by atoms with E-state index in [0.29, 0.717) is 18.9 Å². The number of aryl methyl sites for hydroxylation is 1. The van der Waals surface area contributed by atoms with Crippen LogP contribution in [0.15, 0.2) is 48.5 Å². The van der Waals surface area contributed by atoms with Crippen molar-refractivity contribution in [2.75, 3.05) is 19.0 Å². The second kappa shape index (κ2) is 7.76. The molecule has 0 amide bonds. The van der Waals surface area contributed by atoms with Crippen LogP contribution in [0.3, 0.4) is 0 Å². The zero-order chi connectivity index (χ0) is 17.6. The number of nitrogens with zero attached hydrogens (tertiary/aromatic N) is 4. The predicted molar refractivity (Wildman–Crippen MR) is 95.5 cm³/mol. The number of rotatable bonds is 7. The summed E-state index contributed by atoms with van der Waals surface area (Å²) >= 11 is 0. The highest BCUT2D eigenvalue weighted by Crippen LogP contribution is 2.25. The van der Waals surface area contributed by atoms with Gasteiger partial charge >= 0.3 is 0 Å². The Labute approximate surface area is 146 Å². The maximum absolute atomic E-state index is 10.4. The van der Waals surface area contributed by atoms with E-state index in [-0.39, 0.29) is 0 Å². The van der Waals surface area contributed by atoms with Gasteiger partial charge in [-0.1, -0.05) is 36.4 Å². The molecule has 2 N–H and O–H groups in total. The lowest BCUT2D eigenvalue weighted by Gasteiger charge is -2.16. The molecule has 25 heavy (non-hydrogen) atoms. The van der Waals surface area contributed by atoms with Gasteiger partial charge in [-0.15, -0.1) is 5.10 Å². The number of aliphatic hydroxyl groups excluding tert-OH is 1. The van der Waals surface area contributed by atoms with Gasteiger partial charge in [0.2, 0.25) is 0 Å². The molecule has 0 aliphatic carbocycles. The van der Waals surface area contributed by atoms with Gasteiger partial charge in [-0.3, -0.25) is 0 Å². The fraction of sp³-hybridized carbons (Fsp3) is 0.278. The fourth-order valence-corrected chi connectivity index (χ4v) is 2.57. The minimum Gasteiger partial charge on any atom is -0.495 e. The molecule has 1 atom stereocenters. The third-order valence-electron chi connectivity index (χ3n) is 3.83. The first-order valence-electron chi connectivity index (χ1n) is 8.05. The molecule has 0 aliphatic heterocycles. The van der Waals surface area contributed by atoms with Gasteiger partial charge < -0.3 is 15.2 Å². The molecule has 0 fully saturated rings. The number of aromatic nitrogens is 4. The first-order chi connectivity index (χ1) is 12.2. The second-order valence-corrected chi connectivity index (χ2v) is 5.79. The minimum absolute atomic E-state index is 0.290. The van der Waals surface area contributed by atoms with Crippen molar-refractivity contribution in [2.24, 2.45) is 0 Å². The summed E-state index contributed by atoms with van der Waals surface area (Å²) in [6.07, 6.45) is -0.656. The predicted octanol–water partition coefficient (Wildman–Crippen LogP) is 2.13. The van der Waals surface area contributed by atoms with Gasteiger partial charge in [0.15, 0.2) is 5.82 Å². The molecule has 0 spiro atoms. The molecule has 3 aromatic rings. The standard InChI is InChI=1S/C18H21N5O2/c1-13-8-9-17(25-2)16(10-13)19-11-15(24)12-23-18(20-21-22-23)14-6-4-3-5-7-14/h3-10,15,19,24H,11-12H2,1-2H3/t15-/m0/s1. The van der Waals surface area contributed by atoms with Crippen LogP contribution in [0.25, 0.3) is 11.4 Å². The number of anilines is 1. The van der Waals surface area contributed by atoms with Crippen LogP contribution in [0.1, 0.15) is 5.56 Å². The SMILES string of the molecule is COc1ccc(C)cc1NC[C@H](O)Cn1nnnc1-c1ccccc1. The molecule has 0 bridgehead atoms. The number of ether oxygens (including phenoxy) is 1. The van der Waals surface area contributed by atoms with Gasteiger partial charge in [0.05, 0.1) is 25.4 Å². The Morgan fingerprint density at radius 3 is 2.76 bits per heavy atom. The Morgan fingerprint density at radius 2 is 2.00 bits per heavy atom. The summed E-state index contributed by atoms with van der Waals surface area (Å²) in [5, 5.41) is 25.3. The number of hydrogen-bond donors (Lipinski definition) is 2. The smallest absolute Gasteiger partial charge is 0.182 e. The van der Waals surface area contributed by atoms with Crippen molar-refractivity contribution in [3.05, 3.63) is 54.1 Å². The van der Waals surface area contributed by atoms with Gasteiger partial charge in [0, 0.05) is 12.1 Å². The lowest BCUT2D eigenvalue weighted by Crippen LogP contribution is -2.26. The summed E-state index contributed by atoms with van der Waals surface area (Å²) in [6, 6.07) is 15.5. The van der Waals surface area contributed by atoms with Crippen molar-refractivity contribution >= 4 is 5.69 Å². The minimum atomic E-state index is -0.656. The average Bonchev–Trinajstić information content (AvgIpc) is 3.09. The van der Waals surface area contributed by atoms with Crippen LogP contribution >= 0.6 is 0 Å². The summed E-state index contributed by atoms with van der Waals surface area (Å²) in [7, 11) is 1.62. The zero-order valence-corrected chi connectivity index (χ0v) is 14.3. The maximum atomic E-state index is 10.4. The first-order valence-corrected chi connectivity index (χ1v) is 8.05. The van der Waals surface area contributed by atoms with Crippen molar-refractivity contribution in [1.29, 1.82) is 0 Å². The molecule has 0 saturated heterocycles. The summed E-state index contributed by atoms with van der Waals surface area (Å²) < 4.78 is 6.94. The summed E-state index contributed by atoms with van der Waals surface area (Å²) in [4.78, 5) is 0. The average molecular weight is 339 g/mol. The molecular formula is C18H21N5O2. The fourth-order valence-electron chi connectivity index (χ4n) is 2.57. The summed E-state index contributed by atoms with van der Waals surface area (Å²) in [5.41, 5.74) is 2.87. The van der Waals surface area contributed by atoms with E-state index in [1.807, 2.05) is 55.5 Å². The third kappa shape index (κ3) is 4.13. The van der Waals surface area contributed by atoms with E-state index in [2.05, 4.69) is 20.8 Å². The molecule has 130 valence electrons. The van der Waals surface area contributed by atoms with Crippen molar-refractivity contribution in [3.8, 4) is 17.1 Å². The molecule has 0 unspecified atom stereocenters. The summed E-state index contributed by atoms with van der Waals surface area (Å²) in [5.74, 6) is 1.37. The highest BCUT2D eigenvalue weighted by Gasteiger charge is 2.13. The molecular weight excluding hydrogens is 318 g/mol. The zero-order valence-electron chi connectivity index (χ0n) is 14.3. The van der Waals surface area contributed by atoms with Crippen LogP contribution in [0.2, 0.25) is 0 Å². The molecule has 7 nitrogen and oxygen atoms in total. The molecule has 1 heterocycles. The molecule has 0 saturated carbocycles. The maximum Gasteiger partial charge on any atom is 0.182 e. The number of nitrogens with one attached hydrogen (secondary N) is 1. The van der Waals surface area contributed by atoms with Gasteiger partial charge in [-0.05, 0) is 35.0 Å². The quantitative estimate of drug-likeness (QED) is 0.686. The van der Waals surface area contributed by atoms with Gasteiger partial charge in [-0.25, -0.2) is 4.68 Å². The lowest BCUT2D eigenvalue weighted by atomic mass is 10.2. The number of aliphatic hydroxyl groups is 1. The highest BCUT2D eigenvalue weighted by atomic mass is 16.5. The Kier molecular flexibility index (Phi) is 5.25. The molecule has 3 rings (SSSR count). The molecule has 1 aromatic heterocycles. The van der Waals surface area contributed by atoms with Crippen molar-refractivity contribution in [1.82, 2.24) is 20.2 Å². The van der Waals surface area contributed by atoms with E-state index in [9.17, 15) is 5.11 Å². The third-order valence-corrected chi connectivity index (χ3v) is 3.83. The topological polar surface area (TPSA) is 85.1 Å². The normalized spacial score (nSPS) is 12.0. The number of hydrogen-bond acceptors (Lipinski definition) is 6. The summed E-state index contributed by atoms with van der Waals surface area (Å²) in [6.45, 7) is 2.65. The Balaban J connectivity index is 1.65. The van der Waals surface area contributed by atoms with E-state index in [0.717, 1.165) is 22.6 Å². The van der Waals surface area contributed by atoms with Crippen LogP contribution < -0.4 is 10.1 Å². The van der Waals surface area contributed by atoms with Crippen molar-refractivity contribution in [3.63, 3.8) is 0 Å². The number of tetrazole rings is 1. The van der Waals surface area contributed by atoms with Gasteiger partial charge in [-0.2, -0.15) is 0 Å². The van der Waals surface area contributed by atoms with Crippen molar-refractivity contribution < 1.29 is 9.84 Å². The van der Waals surface area contributed by atoms with Crippen LogP contribution in [-0.2, 0) is 6.54 Å². The first kappa shape index (κ1) is 16.9. The Morgan fingerprint density at radius 1 is 1.20 bits per heavy atom. The molecule has 0 aliphatic rings. The van der Waals surface area contributed by atoms with E-state index in [4.69, 9.17) is 4.74 Å². The van der Waals surface area contributed by atoms with Gasteiger partial charge in [0.25, 0.3) is 0 Å². The molecule has 0 radical (unpaired) electrons. The Bertz CT molecular complexity index is 819. The monoisotopic (exact) mass is 339 g/mol. The van der Waals surface area contributed by atoms with Crippen molar-refractivity contribution in [2.45, 2.75) is 19.6 Å². The van der Waals surface area contributed by atoms with Gasteiger partial charge in [0.1, 0.15) is 5.75 Å². The Hall–Kier alpha value is -2.93. The largest absolute Gasteiger partial charge is 0.495 e. The second-order valence-electron chi connectivity index (χ2n) is 5.79. The highest BCUT2D eigenvalue weighted by molar-refractivity contribution is 5.58. The van der Waals surface area contributed by atoms with E-state index >= 15 is 0 Å². The molecule has 7 heteroatoms. The van der Waals surface area contributed by atoms with Crippen LogP contribution in [-0.4, -0.2) is 45.1 Å². The number of benzene rings is 2.